The molecule has 170 valence electrons. The molecule has 1 aromatic carbocycles. The molecule has 0 aliphatic carbocycles. The Kier molecular flexibility index (Phi) is 6.08. The van der Waals surface area contributed by atoms with Crippen molar-refractivity contribution in [2.24, 2.45) is 0 Å². The van der Waals surface area contributed by atoms with E-state index in [1.165, 1.54) is 4.79 Å². The van der Waals surface area contributed by atoms with Crippen molar-refractivity contribution in [2.75, 3.05) is 18.1 Å². The highest BCUT2D eigenvalue weighted by Gasteiger charge is 2.36. The monoisotopic (exact) mass is 445 g/mol. The van der Waals surface area contributed by atoms with Gasteiger partial charge in [0.1, 0.15) is 0 Å². The van der Waals surface area contributed by atoms with E-state index in [0.29, 0.717) is 18.8 Å². The van der Waals surface area contributed by atoms with E-state index in [4.69, 9.17) is 0 Å². The van der Waals surface area contributed by atoms with Gasteiger partial charge >= 0.3 is 6.18 Å². The van der Waals surface area contributed by atoms with Gasteiger partial charge in [-0.2, -0.15) is 18.0 Å². The van der Waals surface area contributed by atoms with Crippen LogP contribution in [0.1, 0.15) is 54.7 Å². The second kappa shape index (κ2) is 8.80. The molecule has 3 heterocycles. The van der Waals surface area contributed by atoms with Crippen molar-refractivity contribution in [1.82, 2.24) is 20.2 Å². The number of alkyl halides is 3. The van der Waals surface area contributed by atoms with Crippen LogP contribution in [0.4, 0.5) is 13.2 Å². The van der Waals surface area contributed by atoms with Crippen LogP contribution in [-0.4, -0.2) is 33.9 Å². The molecule has 4 rings (SSSR count). The number of aryl methyl sites for hydroxylation is 1. The number of carbonyl (C=O) groups excluding carboxylic acids is 1. The Balaban J connectivity index is 1.54. The highest BCUT2D eigenvalue weighted by Crippen LogP contribution is 2.29. The highest BCUT2D eigenvalue weighted by atomic mass is 19.4. The number of halogens is 3. The number of amides is 1. The van der Waals surface area contributed by atoms with Gasteiger partial charge in [-0.3, -0.25) is 14.8 Å². The maximum Gasteiger partial charge on any atom is 0.435 e. The Morgan fingerprint density at radius 1 is 1.16 bits per heavy atom. The topological polar surface area (TPSA) is 63.1 Å². The van der Waals surface area contributed by atoms with Gasteiger partial charge in [-0.1, -0.05) is 18.2 Å². The lowest BCUT2D eigenvalue weighted by atomic mass is 9.95. The Hall–Kier alpha value is -3.10. The number of carbonyl (C=O) groups is 1. The van der Waals surface area contributed by atoms with Crippen molar-refractivity contribution in [3.8, 4) is 0 Å². The van der Waals surface area contributed by atoms with Crippen LogP contribution in [0.15, 0.2) is 36.4 Å². The first kappa shape index (κ1) is 22.1. The average molecular weight is 445 g/mol. The van der Waals surface area contributed by atoms with Gasteiger partial charge in [-0.25, -0.2) is 0 Å². The zero-order valence-electron chi connectivity index (χ0n) is 18.1. The molecule has 1 unspecified atom stereocenters. The molecule has 0 radical (unpaired) electrons. The summed E-state index contributed by atoms with van der Waals surface area (Å²) in [6.45, 7) is 4.93. The third-order valence-corrected chi connectivity index (χ3v) is 5.86. The smallest absolute Gasteiger partial charge is 0.350 e. The molecule has 1 fully saturated rings. The molecule has 1 N–H and O–H groups in total. The Labute approximate surface area is 184 Å². The maximum absolute atomic E-state index is 13.3. The summed E-state index contributed by atoms with van der Waals surface area (Å²) in [5.74, 6) is -0.755. The van der Waals surface area contributed by atoms with E-state index in [2.05, 4.69) is 15.4 Å². The molecule has 0 spiro atoms. The lowest BCUT2D eigenvalue weighted by Gasteiger charge is -2.30. The van der Waals surface area contributed by atoms with E-state index in [0.717, 1.165) is 47.5 Å². The van der Waals surface area contributed by atoms with Crippen LogP contribution in [0.3, 0.4) is 0 Å². The molecule has 0 saturated carbocycles. The van der Waals surface area contributed by atoms with Crippen molar-refractivity contribution in [3.63, 3.8) is 0 Å². The summed E-state index contributed by atoms with van der Waals surface area (Å²) in [6, 6.07) is 10.5. The van der Waals surface area contributed by atoms with Gasteiger partial charge in [-0.05, 0) is 56.9 Å². The zero-order valence-corrected chi connectivity index (χ0v) is 18.1. The Morgan fingerprint density at radius 2 is 1.91 bits per heavy atom. The summed E-state index contributed by atoms with van der Waals surface area (Å²) in [5, 5.41) is 9.29. The Bertz CT molecular complexity index is 1120. The molecule has 1 amide bonds. The minimum absolute atomic E-state index is 0.0368. The maximum atomic E-state index is 13.3. The SMILES string of the molecule is Cc1ccc2c(C(C)C(=O)NCc3cc(C(F)(F)F)nn3N3CCCCC3)cccc2n1. The van der Waals surface area contributed by atoms with Crippen molar-refractivity contribution in [3.05, 3.63) is 59.0 Å². The third-order valence-electron chi connectivity index (χ3n) is 5.86. The molecule has 1 aliphatic rings. The number of fused-ring (bicyclic) bond motifs is 1. The molecule has 2 aromatic heterocycles. The van der Waals surface area contributed by atoms with Crippen LogP contribution < -0.4 is 10.3 Å². The summed E-state index contributed by atoms with van der Waals surface area (Å²) < 4.78 is 39.9. The lowest BCUT2D eigenvalue weighted by molar-refractivity contribution is -0.141. The number of nitrogens with zero attached hydrogens (tertiary/aromatic N) is 4. The number of nitrogens with one attached hydrogen (secondary N) is 1. The molecule has 1 atom stereocenters. The first-order valence-electron chi connectivity index (χ1n) is 10.8. The lowest BCUT2D eigenvalue weighted by Crippen LogP contribution is -2.42. The molecule has 9 heteroatoms. The molecule has 6 nitrogen and oxygen atoms in total. The second-order valence-electron chi connectivity index (χ2n) is 8.23. The molecule has 3 aromatic rings. The number of hydrogen-bond acceptors (Lipinski definition) is 4. The zero-order chi connectivity index (χ0) is 22.9. The van der Waals surface area contributed by atoms with Gasteiger partial charge in [0.25, 0.3) is 0 Å². The molecule has 0 bridgehead atoms. The second-order valence-corrected chi connectivity index (χ2v) is 8.23. The summed E-state index contributed by atoms with van der Waals surface area (Å²) in [6.07, 6.45) is -1.69. The molecular weight excluding hydrogens is 419 g/mol. The average Bonchev–Trinajstić information content (AvgIpc) is 3.22. The largest absolute Gasteiger partial charge is 0.435 e. The van der Waals surface area contributed by atoms with Crippen LogP contribution in [0, 0.1) is 6.92 Å². The molecular formula is C23H26F3N5O. The van der Waals surface area contributed by atoms with E-state index < -0.39 is 17.8 Å². The number of benzene rings is 1. The minimum atomic E-state index is -4.54. The first-order chi connectivity index (χ1) is 15.2. The fraction of sp³-hybridized carbons (Fsp3) is 0.435. The summed E-state index contributed by atoms with van der Waals surface area (Å²) in [7, 11) is 0. The normalized spacial score (nSPS) is 15.7. The van der Waals surface area contributed by atoms with Gasteiger partial charge < -0.3 is 5.32 Å². The van der Waals surface area contributed by atoms with E-state index in [-0.39, 0.29) is 12.5 Å². The van der Waals surface area contributed by atoms with Crippen molar-refractivity contribution >= 4 is 16.8 Å². The van der Waals surface area contributed by atoms with Gasteiger partial charge in [-0.15, -0.1) is 5.10 Å². The van der Waals surface area contributed by atoms with Gasteiger partial charge in [0.15, 0.2) is 5.69 Å². The molecule has 1 aliphatic heterocycles. The Morgan fingerprint density at radius 3 is 2.62 bits per heavy atom. The highest BCUT2D eigenvalue weighted by molar-refractivity contribution is 5.91. The van der Waals surface area contributed by atoms with E-state index in [1.807, 2.05) is 42.3 Å². The summed E-state index contributed by atoms with van der Waals surface area (Å²) >= 11 is 0. The van der Waals surface area contributed by atoms with Crippen molar-refractivity contribution < 1.29 is 18.0 Å². The third kappa shape index (κ3) is 4.56. The van der Waals surface area contributed by atoms with Crippen molar-refractivity contribution in [1.29, 1.82) is 0 Å². The quantitative estimate of drug-likeness (QED) is 0.636. The van der Waals surface area contributed by atoms with Gasteiger partial charge in [0.2, 0.25) is 5.91 Å². The van der Waals surface area contributed by atoms with Crippen LogP contribution in [0.25, 0.3) is 10.9 Å². The summed E-state index contributed by atoms with van der Waals surface area (Å²) in [5.41, 5.74) is 1.89. The van der Waals surface area contributed by atoms with E-state index in [1.54, 1.807) is 6.92 Å². The first-order valence-corrected chi connectivity index (χ1v) is 10.8. The van der Waals surface area contributed by atoms with Crippen LogP contribution >= 0.6 is 0 Å². The van der Waals surface area contributed by atoms with Crippen LogP contribution in [-0.2, 0) is 17.5 Å². The predicted octanol–water partition coefficient (Wildman–Crippen LogP) is 4.30. The number of rotatable bonds is 5. The fourth-order valence-corrected chi connectivity index (χ4v) is 4.11. The number of piperidine rings is 1. The molecule has 32 heavy (non-hydrogen) atoms. The van der Waals surface area contributed by atoms with Gasteiger partial charge in [0, 0.05) is 24.2 Å². The number of pyridine rings is 1. The predicted molar refractivity (Wildman–Crippen MR) is 116 cm³/mol. The van der Waals surface area contributed by atoms with E-state index in [9.17, 15) is 18.0 Å². The number of hydrogen-bond donors (Lipinski definition) is 1. The van der Waals surface area contributed by atoms with Gasteiger partial charge in [0.05, 0.1) is 23.7 Å². The van der Waals surface area contributed by atoms with E-state index >= 15 is 0 Å². The van der Waals surface area contributed by atoms with Crippen LogP contribution in [0.2, 0.25) is 0 Å². The standard InChI is InChI=1S/C23H26F3N5O/c1-15-9-10-19-18(7-6-8-20(19)28-15)16(2)22(32)27-14-17-13-21(23(24,25)26)29-31(17)30-11-4-3-5-12-30/h6-10,13,16H,3-5,11-12,14H2,1-2H3,(H,27,32). The minimum Gasteiger partial charge on any atom is -0.350 e. The fourth-order valence-electron chi connectivity index (χ4n) is 4.11. The summed E-state index contributed by atoms with van der Waals surface area (Å²) in [4.78, 5) is 18.7. The molecule has 1 saturated heterocycles. The van der Waals surface area contributed by atoms with Crippen molar-refractivity contribution in [2.45, 2.75) is 51.7 Å². The van der Waals surface area contributed by atoms with Crippen LogP contribution in [0.5, 0.6) is 0 Å². The number of aromatic nitrogens is 3.